The highest BCUT2D eigenvalue weighted by Crippen LogP contribution is 2.24. The third-order valence-corrected chi connectivity index (χ3v) is 3.69. The van der Waals surface area contributed by atoms with Gasteiger partial charge in [0.05, 0.1) is 18.6 Å². The largest absolute Gasteiger partial charge is 0.341 e. The van der Waals surface area contributed by atoms with Gasteiger partial charge in [0, 0.05) is 34.9 Å². The van der Waals surface area contributed by atoms with Crippen molar-refractivity contribution < 1.29 is 0 Å². The van der Waals surface area contributed by atoms with E-state index in [1.807, 2.05) is 24.7 Å². The van der Waals surface area contributed by atoms with E-state index in [-0.39, 0.29) is 0 Å². The van der Waals surface area contributed by atoms with Crippen LogP contribution in [0, 0.1) is 0 Å². The summed E-state index contributed by atoms with van der Waals surface area (Å²) in [6.45, 7) is 4.01. The van der Waals surface area contributed by atoms with Gasteiger partial charge in [0.25, 0.3) is 0 Å². The van der Waals surface area contributed by atoms with Gasteiger partial charge < -0.3 is 9.13 Å². The molecule has 0 aliphatic rings. The third-order valence-electron chi connectivity index (χ3n) is 3.36. The molecule has 3 nitrogen and oxygen atoms in total. The lowest BCUT2D eigenvalue weighted by molar-refractivity contribution is 0.629. The topological polar surface area (TPSA) is 22.8 Å². The highest BCUT2D eigenvalue weighted by molar-refractivity contribution is 6.35. The molecule has 0 unspecified atom stereocenters. The Hall–Kier alpha value is -1.74. The van der Waals surface area contributed by atoms with Gasteiger partial charge in [-0.15, -0.1) is 0 Å². The van der Waals surface area contributed by atoms with Crippen LogP contribution in [-0.4, -0.2) is 14.1 Å². The van der Waals surface area contributed by atoms with Gasteiger partial charge in [0.1, 0.15) is 0 Å². The number of aryl methyl sites for hydroxylation is 1. The maximum absolute atomic E-state index is 6.20. The third kappa shape index (κ3) is 2.26. The van der Waals surface area contributed by atoms with Crippen LogP contribution in [0.2, 0.25) is 5.02 Å². The van der Waals surface area contributed by atoms with Gasteiger partial charge in [-0.05, 0) is 24.6 Å². The van der Waals surface area contributed by atoms with Crippen LogP contribution >= 0.6 is 11.6 Å². The molecule has 0 aliphatic carbocycles. The summed E-state index contributed by atoms with van der Waals surface area (Å²) in [5.74, 6) is 0. The summed E-state index contributed by atoms with van der Waals surface area (Å²) in [5.41, 5.74) is 2.39. The van der Waals surface area contributed by atoms with Gasteiger partial charge in [-0.1, -0.05) is 24.6 Å². The van der Waals surface area contributed by atoms with E-state index >= 15 is 0 Å². The second kappa shape index (κ2) is 5.10. The average Bonchev–Trinajstić information content (AvgIpc) is 3.00. The molecule has 0 fully saturated rings. The molecule has 0 atom stereocenters. The Morgan fingerprint density at radius 2 is 2.11 bits per heavy atom. The Balaban J connectivity index is 1.97. The van der Waals surface area contributed by atoms with Crippen LogP contribution in [0.25, 0.3) is 10.9 Å². The van der Waals surface area contributed by atoms with E-state index in [1.54, 1.807) is 0 Å². The molecular formula is C15H16ClN3. The van der Waals surface area contributed by atoms with Crippen LogP contribution in [0.3, 0.4) is 0 Å². The summed E-state index contributed by atoms with van der Waals surface area (Å²) in [6.07, 6.45) is 7.03. The summed E-state index contributed by atoms with van der Waals surface area (Å²) < 4.78 is 4.42. The van der Waals surface area contributed by atoms with Gasteiger partial charge in [0.15, 0.2) is 0 Å². The lowest BCUT2D eigenvalue weighted by Crippen LogP contribution is -2.06. The quantitative estimate of drug-likeness (QED) is 0.706. The Morgan fingerprint density at radius 1 is 1.21 bits per heavy atom. The SMILES string of the molecule is CCCn1cncc1Cn1ccc2c(Cl)cccc21. The molecular weight excluding hydrogens is 258 g/mol. The molecule has 98 valence electrons. The van der Waals surface area contributed by atoms with E-state index in [1.165, 1.54) is 5.69 Å². The minimum Gasteiger partial charge on any atom is -0.341 e. The van der Waals surface area contributed by atoms with Crippen molar-refractivity contribution >= 4 is 22.5 Å². The first kappa shape index (κ1) is 12.3. The summed E-state index contributed by atoms with van der Waals surface area (Å²) in [7, 11) is 0. The molecule has 0 aliphatic heterocycles. The number of halogens is 1. The fraction of sp³-hybridized carbons (Fsp3) is 0.267. The lowest BCUT2D eigenvalue weighted by atomic mass is 10.2. The summed E-state index contributed by atoms with van der Waals surface area (Å²) in [4.78, 5) is 4.24. The van der Waals surface area contributed by atoms with E-state index in [4.69, 9.17) is 11.6 Å². The fourth-order valence-corrected chi connectivity index (χ4v) is 2.65. The maximum atomic E-state index is 6.20. The van der Waals surface area contributed by atoms with Crippen LogP contribution in [-0.2, 0) is 13.1 Å². The highest BCUT2D eigenvalue weighted by atomic mass is 35.5. The first-order chi connectivity index (χ1) is 9.29. The van der Waals surface area contributed by atoms with Crippen molar-refractivity contribution in [1.29, 1.82) is 0 Å². The Labute approximate surface area is 117 Å². The van der Waals surface area contributed by atoms with Crippen molar-refractivity contribution in [2.24, 2.45) is 0 Å². The number of rotatable bonds is 4. The van der Waals surface area contributed by atoms with Crippen LogP contribution in [0.15, 0.2) is 43.0 Å². The van der Waals surface area contributed by atoms with Crippen molar-refractivity contribution in [3.05, 3.63) is 53.7 Å². The zero-order chi connectivity index (χ0) is 13.2. The monoisotopic (exact) mass is 273 g/mol. The number of hydrogen-bond donors (Lipinski definition) is 0. The summed E-state index contributed by atoms with van der Waals surface area (Å²) in [6, 6.07) is 8.08. The van der Waals surface area contributed by atoms with Crippen LogP contribution in [0.4, 0.5) is 0 Å². The van der Waals surface area contributed by atoms with E-state index < -0.39 is 0 Å². The molecule has 0 spiro atoms. The second-order valence-corrected chi connectivity index (χ2v) is 5.10. The van der Waals surface area contributed by atoms with Crippen LogP contribution < -0.4 is 0 Å². The van der Waals surface area contributed by atoms with Gasteiger partial charge in [-0.25, -0.2) is 4.98 Å². The molecule has 1 aromatic carbocycles. The predicted molar refractivity (Wildman–Crippen MR) is 78.6 cm³/mol. The lowest BCUT2D eigenvalue weighted by Gasteiger charge is -2.09. The van der Waals surface area contributed by atoms with Gasteiger partial charge in [-0.2, -0.15) is 0 Å². The Morgan fingerprint density at radius 3 is 2.95 bits per heavy atom. The summed E-state index contributed by atoms with van der Waals surface area (Å²) >= 11 is 6.20. The molecule has 3 rings (SSSR count). The smallest absolute Gasteiger partial charge is 0.0948 e. The molecule has 4 heteroatoms. The number of fused-ring (bicyclic) bond motifs is 1. The Kier molecular flexibility index (Phi) is 3.30. The fourth-order valence-electron chi connectivity index (χ4n) is 2.42. The number of nitrogens with zero attached hydrogens (tertiary/aromatic N) is 3. The second-order valence-electron chi connectivity index (χ2n) is 4.69. The highest BCUT2D eigenvalue weighted by Gasteiger charge is 2.07. The van der Waals surface area contributed by atoms with Gasteiger partial charge >= 0.3 is 0 Å². The van der Waals surface area contributed by atoms with Gasteiger partial charge in [0.2, 0.25) is 0 Å². The minimum absolute atomic E-state index is 0.804. The molecule has 0 saturated carbocycles. The van der Waals surface area contributed by atoms with Crippen molar-refractivity contribution in [1.82, 2.24) is 14.1 Å². The molecule has 19 heavy (non-hydrogen) atoms. The summed E-state index contributed by atoms with van der Waals surface area (Å²) in [5, 5.41) is 1.91. The molecule has 0 saturated heterocycles. The normalized spacial score (nSPS) is 11.3. The van der Waals surface area contributed by atoms with Crippen molar-refractivity contribution in [2.75, 3.05) is 0 Å². The zero-order valence-corrected chi connectivity index (χ0v) is 11.6. The number of hydrogen-bond acceptors (Lipinski definition) is 1. The number of aromatic nitrogens is 3. The Bertz CT molecular complexity index is 696. The zero-order valence-electron chi connectivity index (χ0n) is 10.9. The molecule has 0 radical (unpaired) electrons. The standard InChI is InChI=1S/C15H16ClN3/c1-2-7-19-11-17-9-12(19)10-18-8-6-13-14(16)4-3-5-15(13)18/h3-6,8-9,11H,2,7,10H2,1H3. The molecule has 2 aromatic heterocycles. The van der Waals surface area contributed by atoms with Crippen LogP contribution in [0.5, 0.6) is 0 Å². The van der Waals surface area contributed by atoms with Gasteiger partial charge in [-0.3, -0.25) is 0 Å². The number of imidazole rings is 1. The predicted octanol–water partition coefficient (Wildman–Crippen LogP) is 3.95. The molecule has 2 heterocycles. The first-order valence-electron chi connectivity index (χ1n) is 6.52. The van der Waals surface area contributed by atoms with Crippen LogP contribution in [0.1, 0.15) is 19.0 Å². The first-order valence-corrected chi connectivity index (χ1v) is 6.89. The minimum atomic E-state index is 0.804. The molecule has 3 aromatic rings. The molecule has 0 amide bonds. The van der Waals surface area contributed by atoms with Crippen molar-refractivity contribution in [3.63, 3.8) is 0 Å². The van der Waals surface area contributed by atoms with Crippen molar-refractivity contribution in [3.8, 4) is 0 Å². The number of benzene rings is 1. The van der Waals surface area contributed by atoms with E-state index in [0.717, 1.165) is 35.4 Å². The molecule has 0 bridgehead atoms. The van der Waals surface area contributed by atoms with E-state index in [9.17, 15) is 0 Å². The maximum Gasteiger partial charge on any atom is 0.0948 e. The molecule has 0 N–H and O–H groups in total. The average molecular weight is 274 g/mol. The van der Waals surface area contributed by atoms with E-state index in [0.29, 0.717) is 0 Å². The van der Waals surface area contributed by atoms with E-state index in [2.05, 4.69) is 39.4 Å². The van der Waals surface area contributed by atoms with Crippen molar-refractivity contribution in [2.45, 2.75) is 26.4 Å².